The van der Waals surface area contributed by atoms with E-state index in [2.05, 4.69) is 25.8 Å². The van der Waals surface area contributed by atoms with Crippen LogP contribution in [0.15, 0.2) is 42.7 Å². The minimum atomic E-state index is -1.02. The Bertz CT molecular complexity index is 655. The molecule has 1 aromatic carbocycles. The summed E-state index contributed by atoms with van der Waals surface area (Å²) in [6.07, 6.45) is 5.29. The van der Waals surface area contributed by atoms with Crippen molar-refractivity contribution < 1.29 is 14.7 Å². The van der Waals surface area contributed by atoms with Gasteiger partial charge in [-0.3, -0.25) is 5.32 Å². The molecule has 1 heterocycles. The van der Waals surface area contributed by atoms with Gasteiger partial charge >= 0.3 is 12.0 Å². The lowest BCUT2D eigenvalue weighted by atomic mass is 10.2. The second kappa shape index (κ2) is 6.75. The summed E-state index contributed by atoms with van der Waals surface area (Å²) >= 11 is 0. The van der Waals surface area contributed by atoms with Gasteiger partial charge in [0.1, 0.15) is 0 Å². The van der Waals surface area contributed by atoms with Gasteiger partial charge in [0, 0.05) is 11.8 Å². The Morgan fingerprint density at radius 1 is 1.10 bits per heavy atom. The van der Waals surface area contributed by atoms with Gasteiger partial charge < -0.3 is 10.4 Å². The number of benzene rings is 1. The number of aromatic nitrogens is 3. The first-order valence-electron chi connectivity index (χ1n) is 5.86. The fourth-order valence-electron chi connectivity index (χ4n) is 1.41. The highest BCUT2D eigenvalue weighted by molar-refractivity contribution is 5.98. The molecule has 0 aliphatic heterocycles. The van der Waals surface area contributed by atoms with Crippen LogP contribution in [0.2, 0.25) is 0 Å². The quantitative estimate of drug-likeness (QED) is 0.735. The number of carbonyl (C=O) groups excluding carboxylic acids is 1. The first-order chi connectivity index (χ1) is 10.1. The summed E-state index contributed by atoms with van der Waals surface area (Å²) in [5.41, 5.74) is 1.25. The molecular formula is C13H11N5O3. The van der Waals surface area contributed by atoms with Crippen molar-refractivity contribution in [1.29, 1.82) is 0 Å². The van der Waals surface area contributed by atoms with Crippen molar-refractivity contribution in [2.45, 2.75) is 0 Å². The smallest absolute Gasteiger partial charge is 0.328 e. The molecule has 0 saturated heterocycles. The molecule has 0 spiro atoms. The van der Waals surface area contributed by atoms with Crippen LogP contribution in [0.25, 0.3) is 6.08 Å². The maximum atomic E-state index is 11.7. The minimum Gasteiger partial charge on any atom is -0.478 e. The monoisotopic (exact) mass is 285 g/mol. The number of aliphatic carboxylic acids is 1. The zero-order chi connectivity index (χ0) is 15.1. The third kappa shape index (κ3) is 4.71. The number of anilines is 2. The van der Waals surface area contributed by atoms with Gasteiger partial charge in [-0.25, -0.2) is 14.6 Å². The van der Waals surface area contributed by atoms with Crippen molar-refractivity contribution in [3.8, 4) is 0 Å². The van der Waals surface area contributed by atoms with E-state index in [1.807, 2.05) is 0 Å². The summed E-state index contributed by atoms with van der Waals surface area (Å²) in [4.78, 5) is 25.9. The zero-order valence-corrected chi connectivity index (χ0v) is 10.7. The molecule has 0 aliphatic rings. The van der Waals surface area contributed by atoms with Crippen molar-refractivity contribution in [2.75, 3.05) is 10.6 Å². The maximum absolute atomic E-state index is 11.7. The molecule has 0 radical (unpaired) electrons. The summed E-state index contributed by atoms with van der Waals surface area (Å²) < 4.78 is 0. The van der Waals surface area contributed by atoms with Crippen molar-refractivity contribution in [3.05, 3.63) is 48.3 Å². The first-order valence-corrected chi connectivity index (χ1v) is 5.86. The lowest BCUT2D eigenvalue weighted by molar-refractivity contribution is -0.131. The average molecular weight is 285 g/mol. The van der Waals surface area contributed by atoms with Gasteiger partial charge in [0.25, 0.3) is 5.95 Å². The maximum Gasteiger partial charge on any atom is 0.328 e. The molecule has 2 amide bonds. The Morgan fingerprint density at radius 2 is 1.86 bits per heavy atom. The topological polar surface area (TPSA) is 117 Å². The van der Waals surface area contributed by atoms with E-state index in [1.54, 1.807) is 24.3 Å². The molecule has 0 saturated carbocycles. The van der Waals surface area contributed by atoms with E-state index in [-0.39, 0.29) is 5.95 Å². The molecule has 0 atom stereocenters. The van der Waals surface area contributed by atoms with Gasteiger partial charge in [0.15, 0.2) is 0 Å². The molecule has 1 aromatic heterocycles. The van der Waals surface area contributed by atoms with Crippen molar-refractivity contribution in [2.24, 2.45) is 0 Å². The van der Waals surface area contributed by atoms with Gasteiger partial charge in [0.05, 0.1) is 12.4 Å². The van der Waals surface area contributed by atoms with Gasteiger partial charge in [-0.05, 0) is 23.8 Å². The lowest BCUT2D eigenvalue weighted by Crippen LogP contribution is -2.20. The number of amides is 2. The number of hydrogen-bond acceptors (Lipinski definition) is 5. The second-order valence-corrected chi connectivity index (χ2v) is 3.84. The molecule has 2 aromatic rings. The van der Waals surface area contributed by atoms with E-state index in [1.165, 1.54) is 18.5 Å². The lowest BCUT2D eigenvalue weighted by Gasteiger charge is -2.05. The average Bonchev–Trinajstić information content (AvgIpc) is 2.47. The van der Waals surface area contributed by atoms with E-state index in [0.29, 0.717) is 11.3 Å². The summed E-state index contributed by atoms with van der Waals surface area (Å²) in [6.45, 7) is 0. The molecule has 0 fully saturated rings. The predicted octanol–water partition coefficient (Wildman–Crippen LogP) is 1.61. The first kappa shape index (κ1) is 14.1. The Labute approximate surface area is 119 Å². The molecular weight excluding hydrogens is 274 g/mol. The third-order valence-electron chi connectivity index (χ3n) is 2.29. The number of rotatable bonds is 4. The van der Waals surface area contributed by atoms with Crippen LogP contribution in [0, 0.1) is 0 Å². The molecule has 8 heteroatoms. The number of nitrogens with one attached hydrogen (secondary N) is 2. The Kier molecular flexibility index (Phi) is 4.54. The van der Waals surface area contributed by atoms with Crippen LogP contribution in [0.3, 0.4) is 0 Å². The highest BCUT2D eigenvalue weighted by Gasteiger charge is 2.04. The number of nitrogens with zero attached hydrogens (tertiary/aromatic N) is 3. The Balaban J connectivity index is 1.94. The SMILES string of the molecule is O=C(O)/C=C/c1ccc(NC(=O)Nc2nccnn2)cc1. The number of carboxylic acid groups (broad SMARTS) is 1. The summed E-state index contributed by atoms with van der Waals surface area (Å²) in [7, 11) is 0. The second-order valence-electron chi connectivity index (χ2n) is 3.84. The van der Waals surface area contributed by atoms with Crippen LogP contribution < -0.4 is 10.6 Å². The summed E-state index contributed by atoms with van der Waals surface area (Å²) in [5, 5.41) is 20.7. The highest BCUT2D eigenvalue weighted by Crippen LogP contribution is 2.11. The molecule has 3 N–H and O–H groups in total. The number of urea groups is 1. The highest BCUT2D eigenvalue weighted by atomic mass is 16.4. The third-order valence-corrected chi connectivity index (χ3v) is 2.29. The van der Waals surface area contributed by atoms with E-state index in [9.17, 15) is 9.59 Å². The molecule has 0 bridgehead atoms. The van der Waals surface area contributed by atoms with E-state index >= 15 is 0 Å². The molecule has 8 nitrogen and oxygen atoms in total. The van der Waals surface area contributed by atoms with Crippen molar-refractivity contribution in [1.82, 2.24) is 15.2 Å². The van der Waals surface area contributed by atoms with Crippen LogP contribution >= 0.6 is 0 Å². The minimum absolute atomic E-state index is 0.0935. The van der Waals surface area contributed by atoms with E-state index < -0.39 is 12.0 Å². The van der Waals surface area contributed by atoms with Gasteiger partial charge in [0.2, 0.25) is 0 Å². The Morgan fingerprint density at radius 3 is 2.48 bits per heavy atom. The van der Waals surface area contributed by atoms with Gasteiger partial charge in [-0.1, -0.05) is 12.1 Å². The van der Waals surface area contributed by atoms with Crippen LogP contribution in [0.5, 0.6) is 0 Å². The zero-order valence-electron chi connectivity index (χ0n) is 10.7. The van der Waals surface area contributed by atoms with Crippen molar-refractivity contribution >= 4 is 29.7 Å². The Hall–Kier alpha value is -3.29. The summed E-state index contributed by atoms with van der Waals surface area (Å²) in [5.74, 6) is -0.927. The molecule has 2 rings (SSSR count). The standard InChI is InChI=1S/C13H11N5O3/c19-11(20)6-3-9-1-4-10(5-2-9)16-13(21)17-12-14-7-8-15-18-12/h1-8H,(H,19,20)(H2,14,16,17,18,21)/b6-3+. The predicted molar refractivity (Wildman–Crippen MR) is 75.6 cm³/mol. The fraction of sp³-hybridized carbons (Fsp3) is 0. The van der Waals surface area contributed by atoms with Crippen LogP contribution in [0.1, 0.15) is 5.56 Å². The van der Waals surface area contributed by atoms with Crippen LogP contribution in [-0.4, -0.2) is 32.3 Å². The van der Waals surface area contributed by atoms with E-state index in [0.717, 1.165) is 6.08 Å². The van der Waals surface area contributed by atoms with Gasteiger partial charge in [-0.2, -0.15) is 5.10 Å². The van der Waals surface area contributed by atoms with E-state index in [4.69, 9.17) is 5.11 Å². The largest absolute Gasteiger partial charge is 0.478 e. The number of carboxylic acids is 1. The van der Waals surface area contributed by atoms with Crippen LogP contribution in [-0.2, 0) is 4.79 Å². The van der Waals surface area contributed by atoms with Crippen LogP contribution in [0.4, 0.5) is 16.4 Å². The van der Waals surface area contributed by atoms with Gasteiger partial charge in [-0.15, -0.1) is 5.10 Å². The molecule has 106 valence electrons. The number of hydrogen-bond donors (Lipinski definition) is 3. The number of carbonyl (C=O) groups is 2. The molecule has 0 aliphatic carbocycles. The van der Waals surface area contributed by atoms with Crippen molar-refractivity contribution in [3.63, 3.8) is 0 Å². The normalized spacial score (nSPS) is 10.3. The molecule has 21 heavy (non-hydrogen) atoms. The molecule has 0 unspecified atom stereocenters. The fourth-order valence-corrected chi connectivity index (χ4v) is 1.41. The summed E-state index contributed by atoms with van der Waals surface area (Å²) in [6, 6.07) is 6.14.